The number of likely N-dealkylation sites (tertiary alicyclic amines) is 1. The van der Waals surface area contributed by atoms with E-state index in [9.17, 15) is 14.7 Å². The smallest absolute Gasteiger partial charge is 0.311 e. The van der Waals surface area contributed by atoms with Crippen molar-refractivity contribution in [2.24, 2.45) is 11.3 Å². The number of thiazole rings is 1. The van der Waals surface area contributed by atoms with Gasteiger partial charge in [0.15, 0.2) is 0 Å². The van der Waals surface area contributed by atoms with Gasteiger partial charge in [-0.25, -0.2) is 4.98 Å². The van der Waals surface area contributed by atoms with E-state index in [1.807, 2.05) is 12.1 Å². The number of hydrogen-bond donors (Lipinski definition) is 1. The topological polar surface area (TPSA) is 79.7 Å². The molecule has 1 aromatic heterocycles. The molecule has 0 unspecified atom stereocenters. The van der Waals surface area contributed by atoms with Gasteiger partial charge in [0.2, 0.25) is 0 Å². The van der Waals surface area contributed by atoms with E-state index in [-0.39, 0.29) is 18.4 Å². The maximum atomic E-state index is 12.9. The van der Waals surface area contributed by atoms with Crippen molar-refractivity contribution in [1.29, 1.82) is 0 Å². The van der Waals surface area contributed by atoms with Crippen molar-refractivity contribution in [2.75, 3.05) is 26.3 Å². The first-order valence-electron chi connectivity index (χ1n) is 8.31. The molecule has 0 bridgehead atoms. The summed E-state index contributed by atoms with van der Waals surface area (Å²) in [4.78, 5) is 30.8. The highest BCUT2D eigenvalue weighted by Gasteiger charge is 2.55. The second kappa shape index (κ2) is 6.64. The molecule has 6 nitrogen and oxygen atoms in total. The molecule has 4 rings (SSSR count). The Kier molecular flexibility index (Phi) is 4.46. The average molecular weight is 393 g/mol. The molecule has 0 aliphatic carbocycles. The van der Waals surface area contributed by atoms with Crippen LogP contribution in [0.4, 0.5) is 0 Å². The number of carboxylic acids is 1. The Morgan fingerprint density at radius 2 is 2.12 bits per heavy atom. The second-order valence-corrected chi connectivity index (χ2v) is 8.01. The molecule has 136 valence electrons. The summed E-state index contributed by atoms with van der Waals surface area (Å²) in [5, 5.41) is 12.8. The van der Waals surface area contributed by atoms with Crippen molar-refractivity contribution in [1.82, 2.24) is 9.88 Å². The Morgan fingerprint density at radius 3 is 2.81 bits per heavy atom. The predicted octanol–water partition coefficient (Wildman–Crippen LogP) is 3.03. The average Bonchev–Trinajstić information content (AvgIpc) is 3.27. The number of carbonyl (C=O) groups is 2. The van der Waals surface area contributed by atoms with Crippen molar-refractivity contribution in [3.63, 3.8) is 0 Å². The number of fused-ring (bicyclic) bond motifs is 1. The molecule has 2 aliphatic rings. The molecule has 0 spiro atoms. The zero-order valence-corrected chi connectivity index (χ0v) is 15.4. The summed E-state index contributed by atoms with van der Waals surface area (Å²) in [5.74, 6) is -1.25. The quantitative estimate of drug-likeness (QED) is 0.868. The van der Waals surface area contributed by atoms with Crippen LogP contribution < -0.4 is 0 Å². The lowest BCUT2D eigenvalue weighted by molar-refractivity contribution is -0.157. The molecule has 3 heterocycles. The Balaban J connectivity index is 1.55. The van der Waals surface area contributed by atoms with Gasteiger partial charge in [-0.15, -0.1) is 11.3 Å². The lowest BCUT2D eigenvalue weighted by atomic mass is 9.74. The number of benzene rings is 1. The van der Waals surface area contributed by atoms with E-state index in [0.29, 0.717) is 36.9 Å². The third kappa shape index (κ3) is 2.90. The normalized spacial score (nSPS) is 25.1. The minimum atomic E-state index is -0.900. The van der Waals surface area contributed by atoms with Crippen LogP contribution in [-0.4, -0.2) is 53.2 Å². The number of rotatable bonds is 3. The first-order chi connectivity index (χ1) is 12.5. The van der Waals surface area contributed by atoms with Gasteiger partial charge < -0.3 is 14.7 Å². The van der Waals surface area contributed by atoms with Gasteiger partial charge >= 0.3 is 5.97 Å². The van der Waals surface area contributed by atoms with Crippen molar-refractivity contribution in [2.45, 2.75) is 6.42 Å². The van der Waals surface area contributed by atoms with Gasteiger partial charge in [0.1, 0.15) is 10.7 Å². The van der Waals surface area contributed by atoms with Crippen LogP contribution in [0.1, 0.15) is 16.9 Å². The highest BCUT2D eigenvalue weighted by molar-refractivity contribution is 7.13. The number of halogens is 1. The summed E-state index contributed by atoms with van der Waals surface area (Å²) >= 11 is 7.29. The molecule has 0 saturated carbocycles. The van der Waals surface area contributed by atoms with Crippen LogP contribution in [0.3, 0.4) is 0 Å². The molecule has 2 aliphatic heterocycles. The highest BCUT2D eigenvalue weighted by atomic mass is 35.5. The van der Waals surface area contributed by atoms with E-state index >= 15 is 0 Å². The number of amides is 1. The molecular formula is C18H17ClN2O4S. The summed E-state index contributed by atoms with van der Waals surface area (Å²) in [6.07, 6.45) is 0.434. The Bertz CT molecular complexity index is 853. The summed E-state index contributed by atoms with van der Waals surface area (Å²) in [6, 6.07) is 7.27. The number of carbonyl (C=O) groups excluding carboxylic acids is 1. The van der Waals surface area contributed by atoms with Gasteiger partial charge in [0, 0.05) is 41.6 Å². The van der Waals surface area contributed by atoms with Crippen LogP contribution in [0.5, 0.6) is 0 Å². The lowest BCUT2D eigenvalue weighted by Gasteiger charge is -2.33. The first kappa shape index (κ1) is 17.5. The molecule has 1 aromatic carbocycles. The Labute approximate surface area is 159 Å². The number of aromatic nitrogens is 1. The number of hydrogen-bond acceptors (Lipinski definition) is 5. The zero-order chi connectivity index (χ0) is 18.3. The van der Waals surface area contributed by atoms with Crippen LogP contribution in [0.2, 0.25) is 5.02 Å². The van der Waals surface area contributed by atoms with Crippen molar-refractivity contribution >= 4 is 34.8 Å². The maximum absolute atomic E-state index is 12.9. The molecular weight excluding hydrogens is 376 g/mol. The minimum Gasteiger partial charge on any atom is -0.481 e. The SMILES string of the molecule is O=C(c1csc(-c2ccc(Cl)cc2)n1)N1C[C@H]2COCC[C@@]2(C(=O)O)C1. The van der Waals surface area contributed by atoms with Gasteiger partial charge in [0.25, 0.3) is 5.91 Å². The molecule has 2 saturated heterocycles. The number of aliphatic carboxylic acids is 1. The van der Waals surface area contributed by atoms with E-state index in [4.69, 9.17) is 16.3 Å². The summed E-state index contributed by atoms with van der Waals surface area (Å²) < 4.78 is 5.44. The molecule has 1 N–H and O–H groups in total. The Hall–Kier alpha value is -1.96. The van der Waals surface area contributed by atoms with E-state index in [0.717, 1.165) is 10.6 Å². The number of nitrogens with zero attached hydrogens (tertiary/aromatic N) is 2. The fourth-order valence-corrected chi connectivity index (χ4v) is 4.64. The zero-order valence-electron chi connectivity index (χ0n) is 13.9. The van der Waals surface area contributed by atoms with Crippen LogP contribution in [0, 0.1) is 11.3 Å². The molecule has 26 heavy (non-hydrogen) atoms. The molecule has 0 radical (unpaired) electrons. The predicted molar refractivity (Wildman–Crippen MR) is 97.5 cm³/mol. The van der Waals surface area contributed by atoms with Crippen LogP contribution in [0.25, 0.3) is 10.6 Å². The van der Waals surface area contributed by atoms with Crippen molar-refractivity contribution in [3.05, 3.63) is 40.4 Å². The van der Waals surface area contributed by atoms with Crippen molar-refractivity contribution < 1.29 is 19.4 Å². The summed E-state index contributed by atoms with van der Waals surface area (Å²) in [7, 11) is 0. The highest BCUT2D eigenvalue weighted by Crippen LogP contribution is 2.43. The summed E-state index contributed by atoms with van der Waals surface area (Å²) in [6.45, 7) is 1.40. The largest absolute Gasteiger partial charge is 0.481 e. The van der Waals surface area contributed by atoms with E-state index in [1.165, 1.54) is 11.3 Å². The molecule has 1 amide bonds. The molecule has 8 heteroatoms. The maximum Gasteiger partial charge on any atom is 0.311 e. The van der Waals surface area contributed by atoms with Gasteiger partial charge in [0.05, 0.1) is 12.0 Å². The van der Waals surface area contributed by atoms with Gasteiger partial charge in [-0.3, -0.25) is 9.59 Å². The summed E-state index contributed by atoms with van der Waals surface area (Å²) in [5.41, 5.74) is 0.340. The van der Waals surface area contributed by atoms with E-state index < -0.39 is 11.4 Å². The van der Waals surface area contributed by atoms with Gasteiger partial charge in [-0.2, -0.15) is 0 Å². The minimum absolute atomic E-state index is 0.174. The fraction of sp³-hybridized carbons (Fsp3) is 0.389. The van der Waals surface area contributed by atoms with E-state index in [1.54, 1.807) is 22.4 Å². The van der Waals surface area contributed by atoms with E-state index in [2.05, 4.69) is 4.98 Å². The van der Waals surface area contributed by atoms with Crippen LogP contribution in [-0.2, 0) is 9.53 Å². The molecule has 2 aromatic rings. The van der Waals surface area contributed by atoms with Gasteiger partial charge in [-0.1, -0.05) is 23.7 Å². The van der Waals surface area contributed by atoms with Crippen LogP contribution in [0.15, 0.2) is 29.6 Å². The third-order valence-electron chi connectivity index (χ3n) is 5.23. The number of ether oxygens (including phenoxy) is 1. The monoisotopic (exact) mass is 392 g/mol. The molecule has 2 atom stereocenters. The number of carboxylic acid groups (broad SMARTS) is 1. The second-order valence-electron chi connectivity index (χ2n) is 6.71. The third-order valence-corrected chi connectivity index (χ3v) is 6.38. The first-order valence-corrected chi connectivity index (χ1v) is 9.57. The van der Waals surface area contributed by atoms with Crippen LogP contribution >= 0.6 is 22.9 Å². The Morgan fingerprint density at radius 1 is 1.35 bits per heavy atom. The fourth-order valence-electron chi connectivity index (χ4n) is 3.71. The molecule has 2 fully saturated rings. The standard InChI is InChI=1S/C18H17ClN2O4S/c19-13-3-1-11(2-4-13)15-20-14(9-26-15)16(22)21-7-12-8-25-6-5-18(12,10-21)17(23)24/h1-4,9,12H,5-8,10H2,(H,23,24)/t12-,18+/m0/s1. The van der Waals surface area contributed by atoms with Gasteiger partial charge in [-0.05, 0) is 18.6 Å². The van der Waals surface area contributed by atoms with Crippen molar-refractivity contribution in [3.8, 4) is 10.6 Å². The lowest BCUT2D eigenvalue weighted by Crippen LogP contribution is -2.45.